The molecule has 0 heterocycles. The number of nitrogens with one attached hydrogen (secondary N) is 1. The molecule has 0 aliphatic heterocycles. The van der Waals surface area contributed by atoms with Crippen LogP contribution in [0.3, 0.4) is 0 Å². The van der Waals surface area contributed by atoms with Crippen molar-refractivity contribution in [1.82, 2.24) is 5.32 Å². The largest absolute Gasteiger partial charge is 0.396 e. The predicted molar refractivity (Wildman–Crippen MR) is 67.1 cm³/mol. The van der Waals surface area contributed by atoms with E-state index in [1.807, 2.05) is 0 Å². The van der Waals surface area contributed by atoms with E-state index in [4.69, 9.17) is 5.11 Å². The highest BCUT2D eigenvalue weighted by Crippen LogP contribution is 2.15. The van der Waals surface area contributed by atoms with Gasteiger partial charge in [-0.3, -0.25) is 0 Å². The van der Waals surface area contributed by atoms with Crippen molar-refractivity contribution >= 4 is 0 Å². The first-order chi connectivity index (χ1) is 7.19. The maximum Gasteiger partial charge on any atom is 0.0445 e. The summed E-state index contributed by atoms with van der Waals surface area (Å²) < 4.78 is 0. The van der Waals surface area contributed by atoms with Crippen LogP contribution in [0, 0.1) is 5.92 Å². The van der Waals surface area contributed by atoms with E-state index in [0.717, 1.165) is 18.8 Å². The lowest BCUT2D eigenvalue weighted by molar-refractivity contribution is 0.238. The van der Waals surface area contributed by atoms with Gasteiger partial charge in [0, 0.05) is 18.7 Å². The van der Waals surface area contributed by atoms with Crippen molar-refractivity contribution < 1.29 is 5.11 Å². The summed E-state index contributed by atoms with van der Waals surface area (Å²) in [6.45, 7) is 9.30. The Hall–Kier alpha value is -0.0800. The molecule has 0 spiro atoms. The molecule has 0 aromatic heterocycles. The van der Waals surface area contributed by atoms with Gasteiger partial charge in [0.1, 0.15) is 0 Å². The zero-order valence-electron chi connectivity index (χ0n) is 10.9. The lowest BCUT2D eigenvalue weighted by atomic mass is 9.93. The third-order valence-electron chi connectivity index (χ3n) is 3.29. The summed E-state index contributed by atoms with van der Waals surface area (Å²) in [5, 5.41) is 12.6. The summed E-state index contributed by atoms with van der Waals surface area (Å²) in [6, 6.07) is 1.10. The third-order valence-corrected chi connectivity index (χ3v) is 3.29. The zero-order valence-corrected chi connectivity index (χ0v) is 10.9. The quantitative estimate of drug-likeness (QED) is 0.620. The molecule has 3 atom stereocenters. The second kappa shape index (κ2) is 9.17. The topological polar surface area (TPSA) is 32.3 Å². The second-order valence-corrected chi connectivity index (χ2v) is 4.56. The molecule has 2 N–H and O–H groups in total. The van der Waals surface area contributed by atoms with Gasteiger partial charge in [-0.2, -0.15) is 0 Å². The molecule has 15 heavy (non-hydrogen) atoms. The van der Waals surface area contributed by atoms with E-state index >= 15 is 0 Å². The van der Waals surface area contributed by atoms with Crippen molar-refractivity contribution in [2.75, 3.05) is 6.61 Å². The molecule has 92 valence electrons. The highest BCUT2D eigenvalue weighted by atomic mass is 16.3. The van der Waals surface area contributed by atoms with Crippen LogP contribution in [-0.2, 0) is 0 Å². The van der Waals surface area contributed by atoms with Crippen LogP contribution in [0.4, 0.5) is 0 Å². The van der Waals surface area contributed by atoms with Crippen molar-refractivity contribution in [1.29, 1.82) is 0 Å². The number of rotatable bonds is 9. The van der Waals surface area contributed by atoms with Gasteiger partial charge in [0.2, 0.25) is 0 Å². The van der Waals surface area contributed by atoms with Gasteiger partial charge in [-0.25, -0.2) is 0 Å². The maximum absolute atomic E-state index is 8.96. The molecule has 0 aromatic rings. The Balaban J connectivity index is 4.04. The van der Waals surface area contributed by atoms with E-state index in [9.17, 15) is 0 Å². The first-order valence-electron chi connectivity index (χ1n) is 6.56. The summed E-state index contributed by atoms with van der Waals surface area (Å²) >= 11 is 0. The Kier molecular flexibility index (Phi) is 9.12. The third kappa shape index (κ3) is 6.16. The van der Waals surface area contributed by atoms with Gasteiger partial charge < -0.3 is 10.4 Å². The average Bonchev–Trinajstić information content (AvgIpc) is 2.24. The molecule has 0 saturated carbocycles. The minimum Gasteiger partial charge on any atom is -0.396 e. The fraction of sp³-hybridized carbons (Fsp3) is 1.00. The van der Waals surface area contributed by atoms with E-state index in [-0.39, 0.29) is 0 Å². The zero-order chi connectivity index (χ0) is 11.7. The van der Waals surface area contributed by atoms with Crippen molar-refractivity contribution in [2.24, 2.45) is 5.92 Å². The number of aliphatic hydroxyl groups is 1. The number of hydrogen-bond acceptors (Lipinski definition) is 2. The molecule has 3 unspecified atom stereocenters. The van der Waals surface area contributed by atoms with Crippen molar-refractivity contribution in [3.8, 4) is 0 Å². The van der Waals surface area contributed by atoms with Crippen molar-refractivity contribution in [3.63, 3.8) is 0 Å². The molecule has 2 heteroatoms. The molecule has 0 fully saturated rings. The molecule has 0 aliphatic carbocycles. The van der Waals surface area contributed by atoms with E-state index < -0.39 is 0 Å². The van der Waals surface area contributed by atoms with Gasteiger partial charge in [-0.15, -0.1) is 0 Å². The first kappa shape index (κ1) is 14.9. The van der Waals surface area contributed by atoms with Gasteiger partial charge in [0.15, 0.2) is 0 Å². The van der Waals surface area contributed by atoms with E-state index in [0.29, 0.717) is 18.7 Å². The Morgan fingerprint density at radius 3 is 2.13 bits per heavy atom. The summed E-state index contributed by atoms with van der Waals surface area (Å²) in [5.74, 6) is 0.743. The number of hydrogen-bond donors (Lipinski definition) is 2. The normalized spacial score (nSPS) is 17.4. The summed E-state index contributed by atoms with van der Waals surface area (Å²) in [4.78, 5) is 0. The fourth-order valence-electron chi connectivity index (χ4n) is 2.20. The first-order valence-corrected chi connectivity index (χ1v) is 6.56. The summed E-state index contributed by atoms with van der Waals surface area (Å²) in [7, 11) is 0. The fourth-order valence-corrected chi connectivity index (χ4v) is 2.20. The lowest BCUT2D eigenvalue weighted by Gasteiger charge is -2.28. The van der Waals surface area contributed by atoms with E-state index in [1.54, 1.807) is 0 Å². The molecule has 0 saturated heterocycles. The van der Waals surface area contributed by atoms with Crippen LogP contribution < -0.4 is 5.32 Å². The smallest absolute Gasteiger partial charge is 0.0445 e. The predicted octanol–water partition coefficient (Wildman–Crippen LogP) is 2.95. The van der Waals surface area contributed by atoms with Crippen LogP contribution in [0.5, 0.6) is 0 Å². The molecular weight excluding hydrogens is 186 g/mol. The second-order valence-electron chi connectivity index (χ2n) is 4.56. The van der Waals surface area contributed by atoms with E-state index in [1.165, 1.54) is 19.3 Å². The maximum atomic E-state index is 8.96. The highest BCUT2D eigenvalue weighted by molar-refractivity contribution is 4.76. The monoisotopic (exact) mass is 215 g/mol. The minimum absolute atomic E-state index is 0.296. The van der Waals surface area contributed by atoms with Crippen LogP contribution in [0.25, 0.3) is 0 Å². The van der Waals surface area contributed by atoms with Crippen LogP contribution in [0.2, 0.25) is 0 Å². The van der Waals surface area contributed by atoms with Gasteiger partial charge in [-0.1, -0.05) is 34.1 Å². The van der Waals surface area contributed by atoms with Gasteiger partial charge >= 0.3 is 0 Å². The Bertz CT molecular complexity index is 138. The van der Waals surface area contributed by atoms with E-state index in [2.05, 4.69) is 33.0 Å². The van der Waals surface area contributed by atoms with Gasteiger partial charge in [0.25, 0.3) is 0 Å². The molecule has 0 aliphatic rings. The molecule has 0 rings (SSSR count). The number of aliphatic hydroxyl groups excluding tert-OH is 1. The highest BCUT2D eigenvalue weighted by Gasteiger charge is 2.17. The SMILES string of the molecule is CCCC(C)C(CC)NC(CC)CCO. The van der Waals surface area contributed by atoms with Crippen molar-refractivity contribution in [3.05, 3.63) is 0 Å². The lowest BCUT2D eigenvalue weighted by Crippen LogP contribution is -2.42. The Morgan fingerprint density at radius 2 is 1.73 bits per heavy atom. The summed E-state index contributed by atoms with van der Waals surface area (Å²) in [5.41, 5.74) is 0. The van der Waals surface area contributed by atoms with Crippen LogP contribution in [-0.4, -0.2) is 23.8 Å². The Labute approximate surface area is 95.5 Å². The van der Waals surface area contributed by atoms with Crippen LogP contribution in [0.15, 0.2) is 0 Å². The van der Waals surface area contributed by atoms with Crippen LogP contribution in [0.1, 0.15) is 59.8 Å². The molecule has 0 radical (unpaired) electrons. The van der Waals surface area contributed by atoms with Crippen molar-refractivity contribution in [2.45, 2.75) is 71.9 Å². The van der Waals surface area contributed by atoms with Gasteiger partial charge in [-0.05, 0) is 31.6 Å². The Morgan fingerprint density at radius 1 is 1.07 bits per heavy atom. The molecule has 0 amide bonds. The molecular formula is C13H29NO. The van der Waals surface area contributed by atoms with Gasteiger partial charge in [0.05, 0.1) is 0 Å². The molecule has 0 bridgehead atoms. The molecule has 2 nitrogen and oxygen atoms in total. The summed E-state index contributed by atoms with van der Waals surface area (Å²) in [6.07, 6.45) is 5.72. The van der Waals surface area contributed by atoms with Crippen LogP contribution >= 0.6 is 0 Å². The minimum atomic E-state index is 0.296. The standard InChI is InChI=1S/C13H29NO/c1-5-8-11(4)13(7-3)14-12(6-2)9-10-15/h11-15H,5-10H2,1-4H3. The average molecular weight is 215 g/mol. The molecule has 0 aromatic carbocycles.